The minimum Gasteiger partial charge on any atom is -0.306 e. The molecule has 1 rings (SSSR count). The van der Waals surface area contributed by atoms with E-state index in [0.29, 0.717) is 5.56 Å². The van der Waals surface area contributed by atoms with Gasteiger partial charge in [0.25, 0.3) is 0 Å². The summed E-state index contributed by atoms with van der Waals surface area (Å²) in [4.78, 5) is 14.8. The predicted molar refractivity (Wildman–Crippen MR) is 77.9 cm³/mol. The van der Waals surface area contributed by atoms with Crippen molar-refractivity contribution in [2.45, 2.75) is 39.5 Å². The Bertz CT molecular complexity index is 510. The molecule has 19 heavy (non-hydrogen) atoms. The predicted octanol–water partition coefficient (Wildman–Crippen LogP) is 4.04. The number of hydrogen-bond acceptors (Lipinski definition) is 2. The van der Waals surface area contributed by atoms with Crippen molar-refractivity contribution in [2.24, 2.45) is 4.99 Å². The summed E-state index contributed by atoms with van der Waals surface area (Å²) in [5.41, 5.74) is 3.25. The highest BCUT2D eigenvalue weighted by Gasteiger charge is 2.17. The molecule has 1 N–H and O–H groups in total. The lowest BCUT2D eigenvalue weighted by molar-refractivity contribution is 0.259. The summed E-state index contributed by atoms with van der Waals surface area (Å²) in [5.74, 6) is 0.400. The van der Waals surface area contributed by atoms with Crippen molar-refractivity contribution >= 4 is 18.4 Å². The molecular formula is C15H19N3O. The van der Waals surface area contributed by atoms with Crippen molar-refractivity contribution in [1.29, 1.82) is 5.26 Å². The van der Waals surface area contributed by atoms with Crippen molar-refractivity contribution in [2.75, 3.05) is 5.32 Å². The number of aliphatic imine (C=N–C) groups is 1. The minimum atomic E-state index is -0.478. The largest absolute Gasteiger partial charge is 0.344 e. The first-order valence-electron chi connectivity index (χ1n) is 6.26. The maximum absolute atomic E-state index is 11.5. The van der Waals surface area contributed by atoms with Gasteiger partial charge in [0, 0.05) is 5.69 Å². The lowest BCUT2D eigenvalue weighted by atomic mass is 9.90. The highest BCUT2D eigenvalue weighted by atomic mass is 16.2. The van der Waals surface area contributed by atoms with E-state index in [1.807, 2.05) is 39.8 Å². The molecule has 2 amide bonds. The van der Waals surface area contributed by atoms with Gasteiger partial charge in [-0.2, -0.15) is 5.26 Å². The molecule has 0 unspecified atom stereocenters. The van der Waals surface area contributed by atoms with Gasteiger partial charge in [-0.25, -0.2) is 9.79 Å². The third-order valence-corrected chi connectivity index (χ3v) is 2.95. The molecule has 0 saturated carbocycles. The van der Waals surface area contributed by atoms with E-state index in [1.54, 1.807) is 0 Å². The van der Waals surface area contributed by atoms with Crippen LogP contribution < -0.4 is 5.32 Å². The number of rotatable bonds is 3. The molecule has 0 atom stereocenters. The van der Waals surface area contributed by atoms with Crippen molar-refractivity contribution in [3.63, 3.8) is 0 Å². The van der Waals surface area contributed by atoms with Gasteiger partial charge in [0.2, 0.25) is 0 Å². The van der Waals surface area contributed by atoms with E-state index in [9.17, 15) is 4.79 Å². The van der Waals surface area contributed by atoms with Crippen LogP contribution in [-0.2, 0) is 0 Å². The van der Waals surface area contributed by atoms with Gasteiger partial charge in [-0.15, -0.1) is 0 Å². The van der Waals surface area contributed by atoms with Gasteiger partial charge in [0.05, 0.1) is 11.6 Å². The molecule has 0 radical (unpaired) electrons. The number of carbonyl (C=O) groups excluding carboxylic acids is 1. The summed E-state index contributed by atoms with van der Waals surface area (Å²) >= 11 is 0. The minimum absolute atomic E-state index is 0.200. The van der Waals surface area contributed by atoms with Gasteiger partial charge in [-0.3, -0.25) is 0 Å². The van der Waals surface area contributed by atoms with Crippen LogP contribution in [0.25, 0.3) is 0 Å². The summed E-state index contributed by atoms with van der Waals surface area (Å²) in [6, 6.07) is 5.31. The van der Waals surface area contributed by atoms with Gasteiger partial charge >= 0.3 is 6.03 Å². The Morgan fingerprint density at radius 2 is 1.74 bits per heavy atom. The molecule has 1 aromatic rings. The maximum Gasteiger partial charge on any atom is 0.344 e. The van der Waals surface area contributed by atoms with Crippen LogP contribution in [0.4, 0.5) is 10.5 Å². The highest BCUT2D eigenvalue weighted by molar-refractivity contribution is 5.94. The average molecular weight is 257 g/mol. The second kappa shape index (κ2) is 6.14. The smallest absolute Gasteiger partial charge is 0.306 e. The summed E-state index contributed by atoms with van der Waals surface area (Å²) in [6.45, 7) is 11.3. The Hall–Kier alpha value is -2.15. The second-order valence-corrected chi connectivity index (χ2v) is 5.04. The van der Waals surface area contributed by atoms with E-state index >= 15 is 0 Å². The zero-order chi connectivity index (χ0) is 14.6. The van der Waals surface area contributed by atoms with Crippen LogP contribution in [-0.4, -0.2) is 12.7 Å². The molecule has 0 aliphatic carbocycles. The van der Waals surface area contributed by atoms with Gasteiger partial charge in [0.1, 0.15) is 0 Å². The molecule has 0 bridgehead atoms. The molecule has 4 nitrogen and oxygen atoms in total. The van der Waals surface area contributed by atoms with Crippen molar-refractivity contribution < 1.29 is 4.79 Å². The van der Waals surface area contributed by atoms with E-state index in [1.165, 1.54) is 0 Å². The summed E-state index contributed by atoms with van der Waals surface area (Å²) in [6.07, 6.45) is 0. The van der Waals surface area contributed by atoms with Crippen LogP contribution in [0.5, 0.6) is 0 Å². The fourth-order valence-corrected chi connectivity index (χ4v) is 1.95. The molecule has 0 saturated heterocycles. The molecule has 0 fully saturated rings. The first kappa shape index (κ1) is 14.9. The Kier molecular flexibility index (Phi) is 4.82. The SMILES string of the molecule is C=NC(=O)Nc1c(C(C)C)cc(C#N)cc1C(C)C. The number of nitrogens with one attached hydrogen (secondary N) is 1. The Labute approximate surface area is 114 Å². The molecule has 1 aromatic carbocycles. The molecular weight excluding hydrogens is 238 g/mol. The van der Waals surface area contributed by atoms with E-state index in [4.69, 9.17) is 5.26 Å². The van der Waals surface area contributed by atoms with Gasteiger partial charge in [0.15, 0.2) is 0 Å². The topological polar surface area (TPSA) is 65.2 Å². The fourth-order valence-electron chi connectivity index (χ4n) is 1.95. The van der Waals surface area contributed by atoms with Gasteiger partial charge in [-0.05, 0) is 41.8 Å². The Balaban J connectivity index is 3.49. The number of nitriles is 1. The molecule has 0 aliphatic heterocycles. The van der Waals surface area contributed by atoms with Crippen molar-refractivity contribution in [3.8, 4) is 6.07 Å². The fraction of sp³-hybridized carbons (Fsp3) is 0.400. The lowest BCUT2D eigenvalue weighted by Crippen LogP contribution is -2.12. The molecule has 4 heteroatoms. The number of carbonyl (C=O) groups is 1. The monoisotopic (exact) mass is 257 g/mol. The third-order valence-electron chi connectivity index (χ3n) is 2.95. The van der Waals surface area contributed by atoms with Gasteiger partial charge in [-0.1, -0.05) is 27.7 Å². The third kappa shape index (κ3) is 3.41. The molecule has 0 heterocycles. The Morgan fingerprint density at radius 3 is 2.05 bits per heavy atom. The number of hydrogen-bond donors (Lipinski definition) is 1. The number of benzene rings is 1. The number of anilines is 1. The molecule has 0 aromatic heterocycles. The summed E-state index contributed by atoms with van der Waals surface area (Å²) < 4.78 is 0. The van der Waals surface area contributed by atoms with Crippen LogP contribution in [0.15, 0.2) is 17.1 Å². The quantitative estimate of drug-likeness (QED) is 0.830. The van der Waals surface area contributed by atoms with Crippen LogP contribution in [0.1, 0.15) is 56.2 Å². The summed E-state index contributed by atoms with van der Waals surface area (Å²) in [7, 11) is 0. The summed E-state index contributed by atoms with van der Waals surface area (Å²) in [5, 5.41) is 11.9. The lowest BCUT2D eigenvalue weighted by Gasteiger charge is -2.20. The highest BCUT2D eigenvalue weighted by Crippen LogP contribution is 2.33. The zero-order valence-corrected chi connectivity index (χ0v) is 11.8. The molecule has 100 valence electrons. The van der Waals surface area contributed by atoms with Gasteiger partial charge < -0.3 is 5.32 Å². The zero-order valence-electron chi connectivity index (χ0n) is 11.8. The number of amides is 2. The normalized spacial score (nSPS) is 10.4. The average Bonchev–Trinajstić information content (AvgIpc) is 2.37. The number of urea groups is 1. The van der Waals surface area contributed by atoms with Crippen molar-refractivity contribution in [3.05, 3.63) is 28.8 Å². The maximum atomic E-state index is 11.5. The van der Waals surface area contributed by atoms with Crippen molar-refractivity contribution in [1.82, 2.24) is 0 Å². The molecule has 0 aliphatic rings. The van der Waals surface area contributed by atoms with E-state index in [-0.39, 0.29) is 11.8 Å². The van der Waals surface area contributed by atoms with E-state index in [0.717, 1.165) is 16.8 Å². The first-order chi connectivity index (χ1) is 8.90. The van der Waals surface area contributed by atoms with E-state index < -0.39 is 6.03 Å². The van der Waals surface area contributed by atoms with Crippen LogP contribution in [0, 0.1) is 11.3 Å². The number of nitrogens with zero attached hydrogens (tertiary/aromatic N) is 2. The van der Waals surface area contributed by atoms with Crippen LogP contribution >= 0.6 is 0 Å². The van der Waals surface area contributed by atoms with Crippen LogP contribution in [0.2, 0.25) is 0 Å². The van der Waals surface area contributed by atoms with E-state index in [2.05, 4.69) is 23.1 Å². The first-order valence-corrected chi connectivity index (χ1v) is 6.26. The second-order valence-electron chi connectivity index (χ2n) is 5.04. The molecule has 0 spiro atoms. The van der Waals surface area contributed by atoms with Crippen LogP contribution in [0.3, 0.4) is 0 Å². The standard InChI is InChI=1S/C15H19N3O/c1-9(2)12-6-11(8-16)7-13(10(3)4)14(12)18-15(19)17-5/h6-7,9-10H,5H2,1-4H3,(H,18,19). The Morgan fingerprint density at radius 1 is 1.26 bits per heavy atom.